The Balaban J connectivity index is 2.20. The van der Waals surface area contributed by atoms with Crippen LogP contribution in [0.25, 0.3) is 0 Å². The number of allylic oxidation sites excluding steroid dienone is 2. The van der Waals surface area contributed by atoms with Crippen molar-refractivity contribution in [3.63, 3.8) is 0 Å². The molecule has 1 saturated carbocycles. The van der Waals surface area contributed by atoms with Gasteiger partial charge in [-0.1, -0.05) is 0 Å². The lowest BCUT2D eigenvalue weighted by molar-refractivity contribution is -0.182. The van der Waals surface area contributed by atoms with Crippen molar-refractivity contribution in [2.45, 2.75) is 19.0 Å². The Morgan fingerprint density at radius 3 is 2.25 bits per heavy atom. The van der Waals surface area contributed by atoms with Gasteiger partial charge in [-0.3, -0.25) is 0 Å². The van der Waals surface area contributed by atoms with Crippen LogP contribution in [-0.2, 0) is 0 Å². The molecule has 0 spiro atoms. The highest BCUT2D eigenvalue weighted by molar-refractivity contribution is 5.16. The average Bonchev–Trinajstić information content (AvgIpc) is 2.41. The Hall–Kier alpha value is -0.540. The lowest BCUT2D eigenvalue weighted by atomic mass is 9.92. The second-order valence-corrected chi connectivity index (χ2v) is 3.54. The van der Waals surface area contributed by atoms with Crippen molar-refractivity contribution in [1.82, 2.24) is 0 Å². The first kappa shape index (κ1) is 8.08. The van der Waals surface area contributed by atoms with Crippen molar-refractivity contribution >= 4 is 0 Å². The Kier molecular flexibility index (Phi) is 1.50. The summed E-state index contributed by atoms with van der Waals surface area (Å²) in [5, 5.41) is 0. The van der Waals surface area contributed by atoms with E-state index in [2.05, 4.69) is 0 Å². The smallest absolute Gasteiger partial charge is 0.212 e. The summed E-state index contributed by atoms with van der Waals surface area (Å²) >= 11 is 0. The van der Waals surface area contributed by atoms with Crippen molar-refractivity contribution in [3.05, 3.63) is 11.9 Å². The minimum atomic E-state index is -4.22. The number of fused-ring (bicyclic) bond motifs is 2. The third kappa shape index (κ3) is 1.04. The van der Waals surface area contributed by atoms with Gasteiger partial charge in [-0.15, -0.1) is 0 Å². The summed E-state index contributed by atoms with van der Waals surface area (Å²) in [6.07, 6.45) is -2.43. The Bertz CT molecular complexity index is 228. The summed E-state index contributed by atoms with van der Waals surface area (Å²) in [6.45, 7) is 0. The molecule has 0 N–H and O–H groups in total. The minimum absolute atomic E-state index is 0.0849. The molecule has 3 unspecified atom stereocenters. The molecule has 2 aliphatic rings. The van der Waals surface area contributed by atoms with E-state index in [1.807, 2.05) is 0 Å². The van der Waals surface area contributed by atoms with Gasteiger partial charge in [0.15, 0.2) is 0 Å². The van der Waals surface area contributed by atoms with E-state index in [4.69, 9.17) is 0 Å². The highest BCUT2D eigenvalue weighted by Crippen LogP contribution is 2.53. The van der Waals surface area contributed by atoms with E-state index < -0.39 is 23.8 Å². The van der Waals surface area contributed by atoms with Gasteiger partial charge in [0, 0.05) is 5.92 Å². The lowest BCUT2D eigenvalue weighted by Crippen LogP contribution is -2.27. The van der Waals surface area contributed by atoms with E-state index in [0.29, 0.717) is 6.42 Å². The maximum Gasteiger partial charge on any atom is 0.392 e. The first-order valence-electron chi connectivity index (χ1n) is 3.92. The van der Waals surface area contributed by atoms with Gasteiger partial charge in [0.1, 0.15) is 0 Å². The molecule has 0 nitrogen and oxygen atoms in total. The fourth-order valence-electron chi connectivity index (χ4n) is 2.23. The van der Waals surface area contributed by atoms with Crippen LogP contribution in [0.4, 0.5) is 17.6 Å². The van der Waals surface area contributed by atoms with E-state index in [1.165, 1.54) is 6.08 Å². The molecule has 4 heteroatoms. The Morgan fingerprint density at radius 2 is 1.92 bits per heavy atom. The normalized spacial score (nSPS) is 40.3. The number of alkyl halides is 3. The summed E-state index contributed by atoms with van der Waals surface area (Å²) in [5.41, 5.74) is 0. The molecule has 68 valence electrons. The fourth-order valence-corrected chi connectivity index (χ4v) is 2.23. The second-order valence-electron chi connectivity index (χ2n) is 3.54. The van der Waals surface area contributed by atoms with Crippen LogP contribution in [-0.4, -0.2) is 6.18 Å². The first-order valence-corrected chi connectivity index (χ1v) is 3.92. The van der Waals surface area contributed by atoms with E-state index in [-0.39, 0.29) is 12.3 Å². The van der Waals surface area contributed by atoms with E-state index in [9.17, 15) is 17.6 Å². The maximum absolute atomic E-state index is 12.8. The molecule has 0 aromatic heterocycles. The third-order valence-corrected chi connectivity index (χ3v) is 2.77. The number of rotatable bonds is 0. The van der Waals surface area contributed by atoms with Crippen molar-refractivity contribution in [2.75, 3.05) is 0 Å². The molecule has 0 aromatic carbocycles. The summed E-state index contributed by atoms with van der Waals surface area (Å²) in [6, 6.07) is 0. The zero-order valence-corrected chi connectivity index (χ0v) is 6.24. The molecule has 12 heavy (non-hydrogen) atoms. The van der Waals surface area contributed by atoms with Gasteiger partial charge in [-0.05, 0) is 24.8 Å². The average molecular weight is 180 g/mol. The maximum atomic E-state index is 12.8. The molecule has 2 aliphatic carbocycles. The van der Waals surface area contributed by atoms with E-state index in [0.717, 1.165) is 0 Å². The van der Waals surface area contributed by atoms with Crippen LogP contribution < -0.4 is 0 Å². The van der Waals surface area contributed by atoms with E-state index >= 15 is 0 Å². The zero-order valence-electron chi connectivity index (χ0n) is 6.24. The predicted octanol–water partition coefficient (Wildman–Crippen LogP) is 3.06. The molecule has 0 aliphatic heterocycles. The monoisotopic (exact) mass is 180 g/mol. The zero-order chi connectivity index (χ0) is 8.93. The van der Waals surface area contributed by atoms with Crippen molar-refractivity contribution in [1.29, 1.82) is 0 Å². The van der Waals surface area contributed by atoms with Gasteiger partial charge in [0.25, 0.3) is 0 Å². The Morgan fingerprint density at radius 1 is 1.25 bits per heavy atom. The quantitative estimate of drug-likeness (QED) is 0.502. The topological polar surface area (TPSA) is 0 Å². The van der Waals surface area contributed by atoms with Gasteiger partial charge in [-0.2, -0.15) is 13.2 Å². The molecule has 0 radical (unpaired) electrons. The molecule has 1 fully saturated rings. The SMILES string of the molecule is FC1=CC2CC1C(C(F)(F)F)C2. The van der Waals surface area contributed by atoms with Crippen LogP contribution in [0.2, 0.25) is 0 Å². The van der Waals surface area contributed by atoms with Crippen LogP contribution in [0.3, 0.4) is 0 Å². The molecular weight excluding hydrogens is 172 g/mol. The molecule has 3 atom stereocenters. The molecular formula is C8H8F4. The van der Waals surface area contributed by atoms with Crippen molar-refractivity contribution < 1.29 is 17.6 Å². The standard InChI is InChI=1S/C8H8F4/c9-7-3-4-1-5(7)6(2-4)8(10,11)12/h3-6H,1-2H2. The van der Waals surface area contributed by atoms with Gasteiger partial charge in [0.05, 0.1) is 11.7 Å². The van der Waals surface area contributed by atoms with Crippen LogP contribution in [0.15, 0.2) is 11.9 Å². The summed E-state index contributed by atoms with van der Waals surface area (Å²) < 4.78 is 49.4. The first-order chi connectivity index (χ1) is 5.48. The van der Waals surface area contributed by atoms with Crippen molar-refractivity contribution in [3.8, 4) is 0 Å². The summed E-state index contributed by atoms with van der Waals surface area (Å²) in [7, 11) is 0. The highest BCUT2D eigenvalue weighted by atomic mass is 19.4. The molecule has 2 bridgehead atoms. The highest BCUT2D eigenvalue weighted by Gasteiger charge is 2.53. The number of halogens is 4. The largest absolute Gasteiger partial charge is 0.392 e. The van der Waals surface area contributed by atoms with Gasteiger partial charge < -0.3 is 0 Å². The minimum Gasteiger partial charge on any atom is -0.212 e. The molecule has 0 heterocycles. The second kappa shape index (κ2) is 2.24. The predicted molar refractivity (Wildman–Crippen MR) is 35.0 cm³/mol. The van der Waals surface area contributed by atoms with E-state index in [1.54, 1.807) is 0 Å². The number of hydrogen-bond donors (Lipinski definition) is 0. The summed E-state index contributed by atoms with van der Waals surface area (Å²) in [5.74, 6) is -3.00. The van der Waals surface area contributed by atoms with Crippen LogP contribution in [0, 0.1) is 17.8 Å². The molecule has 2 rings (SSSR count). The van der Waals surface area contributed by atoms with Crippen molar-refractivity contribution in [2.24, 2.45) is 17.8 Å². The molecule has 0 amide bonds. The lowest BCUT2D eigenvalue weighted by Gasteiger charge is -2.22. The fraction of sp³-hybridized carbons (Fsp3) is 0.750. The van der Waals surface area contributed by atoms with Crippen LogP contribution in [0.5, 0.6) is 0 Å². The van der Waals surface area contributed by atoms with Crippen LogP contribution in [0.1, 0.15) is 12.8 Å². The van der Waals surface area contributed by atoms with Gasteiger partial charge in [-0.25, -0.2) is 4.39 Å². The summed E-state index contributed by atoms with van der Waals surface area (Å²) in [4.78, 5) is 0. The molecule has 0 saturated heterocycles. The third-order valence-electron chi connectivity index (χ3n) is 2.77. The number of hydrogen-bond acceptors (Lipinski definition) is 0. The molecule has 0 aromatic rings. The Labute approximate surface area is 67.3 Å². The van der Waals surface area contributed by atoms with Gasteiger partial charge >= 0.3 is 6.18 Å². The van der Waals surface area contributed by atoms with Crippen LogP contribution >= 0.6 is 0 Å². The van der Waals surface area contributed by atoms with Gasteiger partial charge in [0.2, 0.25) is 0 Å².